The Bertz CT molecular complexity index is 1180. The Morgan fingerprint density at radius 3 is 2.12 bits per heavy atom. The number of amides is 2. The molecule has 1 aromatic heterocycles. The second-order valence-electron chi connectivity index (χ2n) is 8.31. The van der Waals surface area contributed by atoms with Crippen molar-refractivity contribution in [1.29, 1.82) is 0 Å². The van der Waals surface area contributed by atoms with E-state index in [9.17, 15) is 9.59 Å². The molecule has 5 nitrogen and oxygen atoms in total. The zero-order chi connectivity index (χ0) is 25.0. The Labute approximate surface area is 215 Å². The molecule has 0 spiro atoms. The maximum atomic E-state index is 13.5. The van der Waals surface area contributed by atoms with E-state index < -0.39 is 5.91 Å². The van der Waals surface area contributed by atoms with E-state index in [4.69, 9.17) is 34.8 Å². The highest BCUT2D eigenvalue weighted by atomic mass is 35.5. The van der Waals surface area contributed by atoms with Crippen LogP contribution in [0.3, 0.4) is 0 Å². The minimum absolute atomic E-state index is 0.180. The van der Waals surface area contributed by atoms with Crippen LogP contribution in [0.25, 0.3) is 16.9 Å². The van der Waals surface area contributed by atoms with Crippen molar-refractivity contribution in [1.82, 2.24) is 14.7 Å². The number of nitrogens with zero attached hydrogens (tertiary/aromatic N) is 3. The first-order valence-electron chi connectivity index (χ1n) is 11.3. The number of aromatic nitrogens is 2. The van der Waals surface area contributed by atoms with E-state index in [0.29, 0.717) is 32.0 Å². The molecule has 0 fully saturated rings. The first-order valence-corrected chi connectivity index (χ1v) is 12.5. The van der Waals surface area contributed by atoms with Crippen LogP contribution < -0.4 is 0 Å². The Morgan fingerprint density at radius 1 is 0.971 bits per heavy atom. The fraction of sp³-hybridized carbons (Fsp3) is 0.346. The minimum atomic E-state index is -0.446. The van der Waals surface area contributed by atoms with Gasteiger partial charge in [-0.1, -0.05) is 73.6 Å². The normalized spacial score (nSPS) is 11.2. The van der Waals surface area contributed by atoms with Crippen LogP contribution in [0.15, 0.2) is 42.5 Å². The van der Waals surface area contributed by atoms with Gasteiger partial charge in [-0.25, -0.2) is 4.68 Å². The largest absolute Gasteiger partial charge is 0.281 e. The third-order valence-corrected chi connectivity index (χ3v) is 6.63. The lowest BCUT2D eigenvalue weighted by Gasteiger charge is -2.21. The molecule has 0 radical (unpaired) electrons. The van der Waals surface area contributed by atoms with Crippen LogP contribution >= 0.6 is 34.8 Å². The van der Waals surface area contributed by atoms with Crippen molar-refractivity contribution in [3.8, 4) is 16.9 Å². The molecule has 0 N–H and O–H groups in total. The van der Waals surface area contributed by atoms with Gasteiger partial charge >= 0.3 is 0 Å². The van der Waals surface area contributed by atoms with Gasteiger partial charge in [0.2, 0.25) is 5.91 Å². The molecule has 2 aromatic carbocycles. The van der Waals surface area contributed by atoms with E-state index in [2.05, 4.69) is 5.10 Å². The summed E-state index contributed by atoms with van der Waals surface area (Å²) in [5.41, 5.74) is 2.90. The summed E-state index contributed by atoms with van der Waals surface area (Å²) >= 11 is 18.7. The molecule has 0 aliphatic rings. The maximum absolute atomic E-state index is 13.5. The summed E-state index contributed by atoms with van der Waals surface area (Å²) in [7, 11) is 1.53. The van der Waals surface area contributed by atoms with E-state index in [1.807, 2.05) is 32.9 Å². The molecule has 0 bridgehead atoms. The van der Waals surface area contributed by atoms with Gasteiger partial charge in [0.15, 0.2) is 5.69 Å². The van der Waals surface area contributed by atoms with Crippen LogP contribution in [0, 0.1) is 12.8 Å². The summed E-state index contributed by atoms with van der Waals surface area (Å²) in [5.74, 6) is -0.813. The Hall–Kier alpha value is -2.34. The number of carbonyl (C=O) groups is 2. The molecule has 0 atom stereocenters. The van der Waals surface area contributed by atoms with Gasteiger partial charge in [-0.15, -0.1) is 0 Å². The first-order chi connectivity index (χ1) is 16.2. The number of halogens is 3. The molecular formula is C26H28Cl3N3O2. The summed E-state index contributed by atoms with van der Waals surface area (Å²) in [6.07, 6.45) is 3.24. The van der Waals surface area contributed by atoms with Crippen LogP contribution in [0.2, 0.25) is 15.1 Å². The molecular weight excluding hydrogens is 493 g/mol. The summed E-state index contributed by atoms with van der Waals surface area (Å²) in [6.45, 7) is 5.90. The standard InChI is InChI=1S/C26H28Cl3N3O2/c1-5-7-18(8-6-2)25(33)31(4)26(34)23-16(3)24(17-9-11-19(27)12-10-17)32(30-23)22-14-13-20(28)15-21(22)29/h9-15,18H,5-8H2,1-4H3. The summed E-state index contributed by atoms with van der Waals surface area (Å²) < 4.78 is 1.62. The fourth-order valence-corrected chi connectivity index (χ4v) is 4.71. The van der Waals surface area contributed by atoms with E-state index >= 15 is 0 Å². The topological polar surface area (TPSA) is 55.2 Å². The van der Waals surface area contributed by atoms with Gasteiger partial charge in [0, 0.05) is 34.1 Å². The number of benzene rings is 2. The average Bonchev–Trinajstić information content (AvgIpc) is 3.14. The summed E-state index contributed by atoms with van der Waals surface area (Å²) in [4.78, 5) is 27.8. The highest BCUT2D eigenvalue weighted by molar-refractivity contribution is 6.35. The number of imide groups is 1. The molecule has 2 amide bonds. The van der Waals surface area contributed by atoms with Crippen molar-refractivity contribution in [3.63, 3.8) is 0 Å². The minimum Gasteiger partial charge on any atom is -0.280 e. The molecule has 1 heterocycles. The van der Waals surface area contributed by atoms with Gasteiger partial charge in [0.25, 0.3) is 5.91 Å². The smallest absolute Gasteiger partial charge is 0.280 e. The highest BCUT2D eigenvalue weighted by Crippen LogP contribution is 2.33. The van der Waals surface area contributed by atoms with Crippen LogP contribution in [0.1, 0.15) is 55.6 Å². The van der Waals surface area contributed by atoms with Gasteiger partial charge in [-0.3, -0.25) is 14.5 Å². The van der Waals surface area contributed by atoms with Crippen molar-refractivity contribution in [2.45, 2.75) is 46.5 Å². The van der Waals surface area contributed by atoms with Crippen molar-refractivity contribution < 1.29 is 9.59 Å². The van der Waals surface area contributed by atoms with Crippen molar-refractivity contribution in [2.24, 2.45) is 5.92 Å². The highest BCUT2D eigenvalue weighted by Gasteiger charge is 2.30. The van der Waals surface area contributed by atoms with Crippen LogP contribution in [-0.2, 0) is 4.79 Å². The van der Waals surface area contributed by atoms with E-state index in [1.54, 1.807) is 35.0 Å². The van der Waals surface area contributed by atoms with Crippen molar-refractivity contribution in [3.05, 3.63) is 68.8 Å². The third kappa shape index (κ3) is 5.48. The van der Waals surface area contributed by atoms with Gasteiger partial charge in [-0.2, -0.15) is 5.10 Å². The predicted octanol–water partition coefficient (Wildman–Crippen LogP) is 7.62. The third-order valence-electron chi connectivity index (χ3n) is 5.84. The number of hydrogen-bond donors (Lipinski definition) is 0. The van der Waals surface area contributed by atoms with E-state index in [-0.39, 0.29) is 17.5 Å². The Balaban J connectivity index is 2.12. The average molecular weight is 521 g/mol. The summed E-state index contributed by atoms with van der Waals surface area (Å²) in [6, 6.07) is 12.3. The molecule has 3 aromatic rings. The van der Waals surface area contributed by atoms with Gasteiger partial charge in [0.05, 0.1) is 16.4 Å². The monoisotopic (exact) mass is 519 g/mol. The van der Waals surface area contributed by atoms with Gasteiger partial charge in [-0.05, 0) is 50.1 Å². The molecule has 0 saturated heterocycles. The van der Waals surface area contributed by atoms with Gasteiger partial charge in [0.1, 0.15) is 0 Å². The number of hydrogen-bond acceptors (Lipinski definition) is 3. The second kappa shape index (κ2) is 11.4. The zero-order valence-corrected chi connectivity index (χ0v) is 22.0. The molecule has 34 heavy (non-hydrogen) atoms. The lowest BCUT2D eigenvalue weighted by Crippen LogP contribution is -2.38. The van der Waals surface area contributed by atoms with Crippen molar-refractivity contribution in [2.75, 3.05) is 7.05 Å². The van der Waals surface area contributed by atoms with E-state index in [0.717, 1.165) is 31.2 Å². The molecule has 3 rings (SSSR count). The Kier molecular flexibility index (Phi) is 8.80. The maximum Gasteiger partial charge on any atom is 0.281 e. The fourth-order valence-electron chi connectivity index (χ4n) is 4.09. The Morgan fingerprint density at radius 2 is 1.56 bits per heavy atom. The molecule has 180 valence electrons. The molecule has 0 unspecified atom stereocenters. The zero-order valence-electron chi connectivity index (χ0n) is 19.7. The lowest BCUT2D eigenvalue weighted by molar-refractivity contribution is -0.132. The number of rotatable bonds is 8. The SMILES string of the molecule is CCCC(CCC)C(=O)N(C)C(=O)c1nn(-c2ccc(Cl)cc2Cl)c(-c2ccc(Cl)cc2)c1C. The van der Waals surface area contributed by atoms with Crippen LogP contribution in [0.5, 0.6) is 0 Å². The van der Waals surface area contributed by atoms with Crippen molar-refractivity contribution >= 4 is 46.6 Å². The summed E-state index contributed by atoms with van der Waals surface area (Å²) in [5, 5.41) is 6.11. The van der Waals surface area contributed by atoms with E-state index in [1.165, 1.54) is 11.9 Å². The molecule has 8 heteroatoms. The molecule has 0 aliphatic heterocycles. The number of carbonyl (C=O) groups excluding carboxylic acids is 2. The quantitative estimate of drug-likeness (QED) is 0.307. The van der Waals surface area contributed by atoms with Gasteiger partial charge < -0.3 is 0 Å². The van der Waals surface area contributed by atoms with Crippen LogP contribution in [0.4, 0.5) is 0 Å². The second-order valence-corrected chi connectivity index (χ2v) is 9.59. The van der Waals surface area contributed by atoms with Crippen LogP contribution in [-0.4, -0.2) is 33.5 Å². The predicted molar refractivity (Wildman–Crippen MR) is 139 cm³/mol. The lowest BCUT2D eigenvalue weighted by atomic mass is 9.96. The molecule has 0 saturated carbocycles. The first kappa shape index (κ1) is 26.3. The molecule has 0 aliphatic carbocycles.